The first-order valence-electron chi connectivity index (χ1n) is 7.75. The average Bonchev–Trinajstić information content (AvgIpc) is 2.88. The maximum atomic E-state index is 12.6. The van der Waals surface area contributed by atoms with Crippen LogP contribution in [0.1, 0.15) is 40.3 Å². The molecule has 1 aliphatic heterocycles. The molecule has 0 aliphatic carbocycles. The minimum absolute atomic E-state index is 0.0212. The highest BCUT2D eigenvalue weighted by Gasteiger charge is 2.22. The Labute approximate surface area is 135 Å². The van der Waals surface area contributed by atoms with Gasteiger partial charge < -0.3 is 10.6 Å². The molecule has 1 atom stereocenters. The molecule has 0 bridgehead atoms. The molecule has 116 valence electrons. The molecule has 1 amide bonds. The monoisotopic (exact) mass is 315 g/mol. The Hall–Kier alpha value is -1.72. The first-order chi connectivity index (χ1) is 10.7. The minimum atomic E-state index is 0.0212. The third-order valence-electron chi connectivity index (χ3n) is 3.96. The molecule has 22 heavy (non-hydrogen) atoms. The summed E-state index contributed by atoms with van der Waals surface area (Å²) in [6, 6.07) is 10.3. The summed E-state index contributed by atoms with van der Waals surface area (Å²) in [7, 11) is 0. The second-order valence-corrected chi connectivity index (χ2v) is 6.74. The lowest BCUT2D eigenvalue weighted by Crippen LogP contribution is -2.39. The Bertz CT molecular complexity index is 626. The summed E-state index contributed by atoms with van der Waals surface area (Å²) in [5.41, 5.74) is 7.81. The van der Waals surface area contributed by atoms with E-state index < -0.39 is 0 Å². The third kappa shape index (κ3) is 3.72. The molecule has 1 aromatic heterocycles. The fourth-order valence-electron chi connectivity index (χ4n) is 2.78. The third-order valence-corrected chi connectivity index (χ3v) is 4.81. The van der Waals surface area contributed by atoms with Gasteiger partial charge in [-0.3, -0.25) is 4.79 Å². The Balaban J connectivity index is 1.68. The van der Waals surface area contributed by atoms with Crippen molar-refractivity contribution in [3.63, 3.8) is 0 Å². The predicted octanol–water partition coefficient (Wildman–Crippen LogP) is 2.69. The first kappa shape index (κ1) is 15.2. The summed E-state index contributed by atoms with van der Waals surface area (Å²) >= 11 is 1.55. The number of nitrogens with two attached hydrogens (primary N) is 1. The number of hydrogen-bond acceptors (Lipinski definition) is 4. The van der Waals surface area contributed by atoms with Gasteiger partial charge in [-0.1, -0.05) is 36.8 Å². The van der Waals surface area contributed by atoms with Crippen LogP contribution in [0.15, 0.2) is 35.7 Å². The molecule has 1 aliphatic rings. The second kappa shape index (κ2) is 7.03. The molecule has 2 heterocycles. The van der Waals surface area contributed by atoms with E-state index in [1.54, 1.807) is 11.3 Å². The summed E-state index contributed by atoms with van der Waals surface area (Å²) in [5, 5.41) is 2.85. The Morgan fingerprint density at radius 2 is 2.14 bits per heavy atom. The molecule has 2 N–H and O–H groups in total. The molecule has 5 heteroatoms. The Morgan fingerprint density at radius 1 is 1.32 bits per heavy atom. The number of nitrogens with zero attached hydrogens (tertiary/aromatic N) is 2. The molecule has 1 aromatic carbocycles. The van der Waals surface area contributed by atoms with Crippen molar-refractivity contribution < 1.29 is 4.79 Å². The highest BCUT2D eigenvalue weighted by molar-refractivity contribution is 7.09. The number of aromatic nitrogens is 1. The van der Waals surface area contributed by atoms with Crippen LogP contribution in [0.3, 0.4) is 0 Å². The molecule has 0 unspecified atom stereocenters. The maximum absolute atomic E-state index is 12.6. The molecule has 3 rings (SSSR count). The van der Waals surface area contributed by atoms with Crippen molar-refractivity contribution >= 4 is 17.2 Å². The smallest absolute Gasteiger partial charge is 0.273 e. The highest BCUT2D eigenvalue weighted by atomic mass is 32.1. The molecule has 1 fully saturated rings. The summed E-state index contributed by atoms with van der Waals surface area (Å²) in [4.78, 5) is 19.0. The van der Waals surface area contributed by atoms with E-state index >= 15 is 0 Å². The van der Waals surface area contributed by atoms with Gasteiger partial charge in [0, 0.05) is 30.9 Å². The lowest BCUT2D eigenvalue weighted by molar-refractivity contribution is 0.0750. The molecule has 0 saturated carbocycles. The van der Waals surface area contributed by atoms with Gasteiger partial charge in [-0.15, -0.1) is 11.3 Å². The van der Waals surface area contributed by atoms with E-state index in [1.807, 2.05) is 28.5 Å². The van der Waals surface area contributed by atoms with E-state index in [9.17, 15) is 4.79 Å². The molecular formula is C17H21N3OS. The first-order valence-corrected chi connectivity index (χ1v) is 8.63. The summed E-state index contributed by atoms with van der Waals surface area (Å²) < 4.78 is 0. The second-order valence-electron chi connectivity index (χ2n) is 5.80. The van der Waals surface area contributed by atoms with Crippen LogP contribution in [-0.4, -0.2) is 34.9 Å². The van der Waals surface area contributed by atoms with E-state index in [-0.39, 0.29) is 11.9 Å². The zero-order chi connectivity index (χ0) is 15.4. The molecule has 0 radical (unpaired) electrons. The molecule has 1 saturated heterocycles. The molecular weight excluding hydrogens is 294 g/mol. The van der Waals surface area contributed by atoms with Gasteiger partial charge in [-0.05, 0) is 18.4 Å². The number of carbonyl (C=O) groups is 1. The summed E-state index contributed by atoms with van der Waals surface area (Å²) in [6.45, 7) is 1.43. The van der Waals surface area contributed by atoms with Crippen molar-refractivity contribution in [3.05, 3.63) is 52.0 Å². The van der Waals surface area contributed by atoms with Gasteiger partial charge in [0.25, 0.3) is 5.91 Å². The van der Waals surface area contributed by atoms with E-state index in [1.165, 1.54) is 5.56 Å². The summed E-state index contributed by atoms with van der Waals surface area (Å²) in [6.07, 6.45) is 3.90. The summed E-state index contributed by atoms with van der Waals surface area (Å²) in [5.74, 6) is 0.0212. The van der Waals surface area contributed by atoms with Crippen molar-refractivity contribution in [3.8, 4) is 0 Å². The number of rotatable bonds is 3. The van der Waals surface area contributed by atoms with E-state index in [4.69, 9.17) is 5.73 Å². The van der Waals surface area contributed by atoms with Gasteiger partial charge in [-0.25, -0.2) is 4.98 Å². The maximum Gasteiger partial charge on any atom is 0.273 e. The molecule has 0 spiro atoms. The quantitative estimate of drug-likeness (QED) is 0.947. The van der Waals surface area contributed by atoms with Gasteiger partial charge in [0.05, 0.1) is 5.01 Å². The van der Waals surface area contributed by atoms with Crippen LogP contribution in [0.4, 0.5) is 0 Å². The fourth-order valence-corrected chi connectivity index (χ4v) is 3.58. The van der Waals surface area contributed by atoms with E-state index in [0.29, 0.717) is 12.2 Å². The SMILES string of the molecule is N[C@@H]1CCCCN(C(=O)c2csc(Cc3ccccc3)n2)C1. The van der Waals surface area contributed by atoms with Crippen LogP contribution in [0.5, 0.6) is 0 Å². The largest absolute Gasteiger partial charge is 0.336 e. The van der Waals surface area contributed by atoms with Crippen LogP contribution in [0.25, 0.3) is 0 Å². The number of benzene rings is 1. The fraction of sp³-hybridized carbons (Fsp3) is 0.412. The number of carbonyl (C=O) groups excluding carboxylic acids is 1. The lowest BCUT2D eigenvalue weighted by Gasteiger charge is -2.21. The zero-order valence-corrected chi connectivity index (χ0v) is 13.4. The number of likely N-dealkylation sites (tertiary alicyclic amines) is 1. The molecule has 4 nitrogen and oxygen atoms in total. The van der Waals surface area contributed by atoms with Crippen LogP contribution in [0, 0.1) is 0 Å². The van der Waals surface area contributed by atoms with Crippen LogP contribution < -0.4 is 5.73 Å². The standard InChI is InChI=1S/C17H21N3OS/c18-14-8-4-5-9-20(11-14)17(21)15-12-22-16(19-15)10-13-6-2-1-3-7-13/h1-3,6-7,12,14H,4-5,8-11,18H2/t14-/m1/s1. The van der Waals surface area contributed by atoms with E-state index in [2.05, 4.69) is 17.1 Å². The lowest BCUT2D eigenvalue weighted by atomic mass is 10.2. The Kier molecular flexibility index (Phi) is 4.85. The van der Waals surface area contributed by atoms with Gasteiger partial charge in [-0.2, -0.15) is 0 Å². The van der Waals surface area contributed by atoms with Crippen molar-refractivity contribution in [2.24, 2.45) is 5.73 Å². The normalized spacial score (nSPS) is 19.0. The van der Waals surface area contributed by atoms with Gasteiger partial charge >= 0.3 is 0 Å². The number of thiazole rings is 1. The average molecular weight is 315 g/mol. The zero-order valence-electron chi connectivity index (χ0n) is 12.6. The highest BCUT2D eigenvalue weighted by Crippen LogP contribution is 2.18. The van der Waals surface area contributed by atoms with Crippen molar-refractivity contribution in [1.82, 2.24) is 9.88 Å². The topological polar surface area (TPSA) is 59.2 Å². The predicted molar refractivity (Wildman–Crippen MR) is 89.1 cm³/mol. The van der Waals surface area contributed by atoms with Crippen LogP contribution in [0.2, 0.25) is 0 Å². The molecule has 2 aromatic rings. The Morgan fingerprint density at radius 3 is 2.95 bits per heavy atom. The van der Waals surface area contributed by atoms with Crippen molar-refractivity contribution in [2.75, 3.05) is 13.1 Å². The number of amides is 1. The van der Waals surface area contributed by atoms with Crippen molar-refractivity contribution in [2.45, 2.75) is 31.7 Å². The van der Waals surface area contributed by atoms with Gasteiger partial charge in [0.1, 0.15) is 5.69 Å². The van der Waals surface area contributed by atoms with E-state index in [0.717, 1.165) is 37.2 Å². The van der Waals surface area contributed by atoms with Gasteiger partial charge in [0.15, 0.2) is 0 Å². The van der Waals surface area contributed by atoms with Crippen molar-refractivity contribution in [1.29, 1.82) is 0 Å². The van der Waals surface area contributed by atoms with Crippen LogP contribution in [-0.2, 0) is 6.42 Å². The minimum Gasteiger partial charge on any atom is -0.336 e. The van der Waals surface area contributed by atoms with Crippen LogP contribution >= 0.6 is 11.3 Å². The van der Waals surface area contributed by atoms with Gasteiger partial charge in [0.2, 0.25) is 0 Å². The number of hydrogen-bond donors (Lipinski definition) is 1.